The van der Waals surface area contributed by atoms with Crippen molar-refractivity contribution in [3.05, 3.63) is 64.2 Å². The fraction of sp³-hybridized carbons (Fsp3) is 0.150. The normalized spacial score (nSPS) is 14.2. The minimum absolute atomic E-state index is 0.108. The molecule has 0 saturated carbocycles. The van der Waals surface area contributed by atoms with Crippen LogP contribution in [0.4, 0.5) is 11.4 Å². The number of rotatable bonds is 3. The molecule has 2 aromatic carbocycles. The number of anilines is 2. The lowest BCUT2D eigenvalue weighted by Gasteiger charge is -2.18. The van der Waals surface area contributed by atoms with Gasteiger partial charge in [-0.25, -0.2) is 4.90 Å². The van der Waals surface area contributed by atoms with Crippen LogP contribution in [0.15, 0.2) is 47.5 Å². The van der Waals surface area contributed by atoms with Crippen molar-refractivity contribution in [1.82, 2.24) is 0 Å². The molecule has 0 atom stereocenters. The summed E-state index contributed by atoms with van der Waals surface area (Å²) in [4.78, 5) is 37.8. The third-order valence-corrected chi connectivity index (χ3v) is 4.48. The van der Waals surface area contributed by atoms with Gasteiger partial charge in [-0.1, -0.05) is 35.9 Å². The highest BCUT2D eigenvalue weighted by atomic mass is 35.5. The van der Waals surface area contributed by atoms with E-state index in [1.165, 1.54) is 6.92 Å². The van der Waals surface area contributed by atoms with Crippen molar-refractivity contribution < 1.29 is 14.4 Å². The minimum atomic E-state index is -0.536. The van der Waals surface area contributed by atoms with Gasteiger partial charge in [0.1, 0.15) is 5.03 Å². The Bertz CT molecular complexity index is 962. The molecule has 2 aromatic rings. The summed E-state index contributed by atoms with van der Waals surface area (Å²) in [5.74, 6) is -1.18. The van der Waals surface area contributed by atoms with Gasteiger partial charge in [0.05, 0.1) is 11.3 Å². The van der Waals surface area contributed by atoms with E-state index >= 15 is 0 Å². The number of imide groups is 1. The molecular formula is C20H17ClN2O3. The minimum Gasteiger partial charge on any atom is -0.326 e. The Morgan fingerprint density at radius 3 is 2.27 bits per heavy atom. The van der Waals surface area contributed by atoms with Crippen molar-refractivity contribution in [2.45, 2.75) is 20.8 Å². The SMILES string of the molecule is CC(=O)Nc1ccc(C2=C(Cl)C(=O)N(c3cc(C)ccc3C)C2=O)cc1. The molecule has 3 amide bonds. The first-order valence-corrected chi connectivity index (χ1v) is 8.41. The van der Waals surface area contributed by atoms with Gasteiger partial charge in [0, 0.05) is 12.6 Å². The van der Waals surface area contributed by atoms with E-state index in [2.05, 4.69) is 5.32 Å². The van der Waals surface area contributed by atoms with E-state index in [0.717, 1.165) is 16.0 Å². The lowest BCUT2D eigenvalue weighted by Crippen LogP contribution is -2.31. The van der Waals surface area contributed by atoms with Crippen LogP contribution >= 0.6 is 11.6 Å². The van der Waals surface area contributed by atoms with Crippen molar-refractivity contribution in [3.63, 3.8) is 0 Å². The first-order chi connectivity index (χ1) is 12.3. The van der Waals surface area contributed by atoms with Crippen molar-refractivity contribution >= 4 is 46.3 Å². The number of carbonyl (C=O) groups is 3. The largest absolute Gasteiger partial charge is 0.326 e. The Kier molecular flexibility index (Phi) is 4.66. The van der Waals surface area contributed by atoms with Crippen molar-refractivity contribution in [3.8, 4) is 0 Å². The smallest absolute Gasteiger partial charge is 0.277 e. The molecule has 0 aromatic heterocycles. The highest BCUT2D eigenvalue weighted by Crippen LogP contribution is 2.36. The van der Waals surface area contributed by atoms with Gasteiger partial charge in [0.2, 0.25) is 5.91 Å². The van der Waals surface area contributed by atoms with Gasteiger partial charge in [-0.3, -0.25) is 14.4 Å². The van der Waals surface area contributed by atoms with Gasteiger partial charge >= 0.3 is 0 Å². The molecule has 1 aliphatic rings. The van der Waals surface area contributed by atoms with Crippen LogP contribution in [-0.2, 0) is 14.4 Å². The lowest BCUT2D eigenvalue weighted by atomic mass is 10.1. The van der Waals surface area contributed by atoms with Gasteiger partial charge < -0.3 is 5.32 Å². The summed E-state index contributed by atoms with van der Waals surface area (Å²) in [6.45, 7) is 5.14. The molecule has 26 heavy (non-hydrogen) atoms. The molecule has 3 rings (SSSR count). The van der Waals surface area contributed by atoms with Crippen LogP contribution in [0.25, 0.3) is 5.57 Å². The second-order valence-electron chi connectivity index (χ2n) is 6.18. The Morgan fingerprint density at radius 1 is 1.00 bits per heavy atom. The van der Waals surface area contributed by atoms with Crippen LogP contribution < -0.4 is 10.2 Å². The number of benzene rings is 2. The third kappa shape index (κ3) is 3.13. The Morgan fingerprint density at radius 2 is 1.65 bits per heavy atom. The fourth-order valence-corrected chi connectivity index (χ4v) is 3.13. The summed E-state index contributed by atoms with van der Waals surface area (Å²) in [7, 11) is 0. The summed E-state index contributed by atoms with van der Waals surface area (Å²) in [6.07, 6.45) is 0. The first kappa shape index (κ1) is 17.9. The summed E-state index contributed by atoms with van der Waals surface area (Å²) in [5.41, 5.74) is 3.56. The average Bonchev–Trinajstić information content (AvgIpc) is 2.80. The van der Waals surface area contributed by atoms with E-state index in [1.807, 2.05) is 26.0 Å². The second-order valence-corrected chi connectivity index (χ2v) is 6.56. The maximum absolute atomic E-state index is 12.9. The Labute approximate surface area is 156 Å². The maximum atomic E-state index is 12.9. The van der Waals surface area contributed by atoms with Gasteiger partial charge in [0.15, 0.2) is 0 Å². The summed E-state index contributed by atoms with van der Waals surface area (Å²) >= 11 is 6.22. The van der Waals surface area contributed by atoms with Crippen LogP contribution in [0.5, 0.6) is 0 Å². The zero-order valence-electron chi connectivity index (χ0n) is 14.6. The monoisotopic (exact) mass is 368 g/mol. The zero-order chi connectivity index (χ0) is 19.0. The molecule has 0 spiro atoms. The second kappa shape index (κ2) is 6.77. The van der Waals surface area contributed by atoms with E-state index < -0.39 is 11.8 Å². The molecular weight excluding hydrogens is 352 g/mol. The van der Waals surface area contributed by atoms with Gasteiger partial charge in [-0.15, -0.1) is 0 Å². The van der Waals surface area contributed by atoms with Gasteiger partial charge in [0.25, 0.3) is 11.8 Å². The zero-order valence-corrected chi connectivity index (χ0v) is 15.3. The van der Waals surface area contributed by atoms with Gasteiger partial charge in [-0.05, 0) is 48.7 Å². The number of aryl methyl sites for hydroxylation is 2. The molecule has 0 aliphatic carbocycles. The fourth-order valence-electron chi connectivity index (χ4n) is 2.86. The molecule has 6 heteroatoms. The number of carbonyl (C=O) groups excluding carboxylic acids is 3. The number of amides is 3. The Balaban J connectivity index is 1.99. The van der Waals surface area contributed by atoms with E-state index in [1.54, 1.807) is 30.3 Å². The van der Waals surface area contributed by atoms with E-state index in [0.29, 0.717) is 16.9 Å². The molecule has 1 N–H and O–H groups in total. The third-order valence-electron chi connectivity index (χ3n) is 4.13. The molecule has 0 unspecified atom stereocenters. The molecule has 1 aliphatic heterocycles. The van der Waals surface area contributed by atoms with Gasteiger partial charge in [-0.2, -0.15) is 0 Å². The van der Waals surface area contributed by atoms with Crippen LogP contribution in [-0.4, -0.2) is 17.7 Å². The molecule has 1 heterocycles. The Hall–Kier alpha value is -2.92. The standard InChI is InChI=1S/C20H17ClN2O3/c1-11-4-5-12(2)16(10-11)23-19(25)17(18(21)20(23)26)14-6-8-15(9-7-14)22-13(3)24/h4-10H,1-3H3,(H,22,24). The number of nitrogens with one attached hydrogen (secondary N) is 1. The van der Waals surface area contributed by atoms with E-state index in [9.17, 15) is 14.4 Å². The first-order valence-electron chi connectivity index (χ1n) is 8.03. The number of nitrogens with zero attached hydrogens (tertiary/aromatic N) is 1. The highest BCUT2D eigenvalue weighted by molar-refractivity contribution is 6.60. The summed E-state index contributed by atoms with van der Waals surface area (Å²) in [5, 5.41) is 2.54. The summed E-state index contributed by atoms with van der Waals surface area (Å²) in [6, 6.07) is 12.2. The molecule has 0 fully saturated rings. The number of hydrogen-bond donors (Lipinski definition) is 1. The number of hydrogen-bond acceptors (Lipinski definition) is 3. The van der Waals surface area contributed by atoms with Crippen LogP contribution in [0.3, 0.4) is 0 Å². The molecule has 0 radical (unpaired) electrons. The average molecular weight is 369 g/mol. The maximum Gasteiger partial charge on any atom is 0.277 e. The predicted molar refractivity (Wildman–Crippen MR) is 102 cm³/mol. The van der Waals surface area contributed by atoms with E-state index in [4.69, 9.17) is 11.6 Å². The quantitative estimate of drug-likeness (QED) is 0.838. The predicted octanol–water partition coefficient (Wildman–Crippen LogP) is 3.79. The molecule has 0 saturated heterocycles. The van der Waals surface area contributed by atoms with Crippen LogP contribution in [0.2, 0.25) is 0 Å². The molecule has 132 valence electrons. The van der Waals surface area contributed by atoms with Crippen molar-refractivity contribution in [2.24, 2.45) is 0 Å². The topological polar surface area (TPSA) is 66.5 Å². The van der Waals surface area contributed by atoms with Crippen molar-refractivity contribution in [1.29, 1.82) is 0 Å². The van der Waals surface area contributed by atoms with E-state index in [-0.39, 0.29) is 16.5 Å². The van der Waals surface area contributed by atoms with Crippen LogP contribution in [0.1, 0.15) is 23.6 Å². The lowest BCUT2D eigenvalue weighted by molar-refractivity contribution is -0.120. The summed E-state index contributed by atoms with van der Waals surface area (Å²) < 4.78 is 0. The van der Waals surface area contributed by atoms with Crippen LogP contribution in [0, 0.1) is 13.8 Å². The molecule has 0 bridgehead atoms. The van der Waals surface area contributed by atoms with Crippen molar-refractivity contribution in [2.75, 3.05) is 10.2 Å². The highest BCUT2D eigenvalue weighted by Gasteiger charge is 2.39. The molecule has 5 nitrogen and oxygen atoms in total. The number of halogens is 1.